The van der Waals surface area contributed by atoms with Gasteiger partial charge in [0.15, 0.2) is 0 Å². The smallest absolute Gasteiger partial charge is 0.257 e. The molecule has 0 fully saturated rings. The van der Waals surface area contributed by atoms with Crippen molar-refractivity contribution in [3.05, 3.63) is 63.1 Å². The van der Waals surface area contributed by atoms with Gasteiger partial charge in [-0.25, -0.2) is 0 Å². The zero-order valence-electron chi connectivity index (χ0n) is 10.7. The first-order chi connectivity index (χ1) is 9.47. The van der Waals surface area contributed by atoms with E-state index in [1.165, 1.54) is 0 Å². The summed E-state index contributed by atoms with van der Waals surface area (Å²) in [6.45, 7) is 1.67. The summed E-state index contributed by atoms with van der Waals surface area (Å²) in [7, 11) is 0. The molecule has 0 aliphatic rings. The number of aliphatic hydroxyl groups excluding tert-OH is 1. The van der Waals surface area contributed by atoms with Crippen LogP contribution in [0.3, 0.4) is 0 Å². The van der Waals surface area contributed by atoms with Gasteiger partial charge in [0.1, 0.15) is 0 Å². The molecule has 0 saturated heterocycles. The number of halogens is 2. The Labute approximate surface area is 130 Å². The van der Waals surface area contributed by atoms with Crippen molar-refractivity contribution in [2.24, 2.45) is 0 Å². The number of rotatable bonds is 3. The second-order valence-electron chi connectivity index (χ2n) is 4.38. The lowest BCUT2D eigenvalue weighted by atomic mass is 10.1. The molecule has 2 aromatic carbocycles. The highest BCUT2D eigenvalue weighted by molar-refractivity contribution is 9.10. The zero-order valence-corrected chi connectivity index (χ0v) is 13.1. The van der Waals surface area contributed by atoms with Crippen LogP contribution in [0, 0.1) is 0 Å². The molecular weight excluding hydrogens is 342 g/mol. The lowest BCUT2D eigenvalue weighted by molar-refractivity contribution is 0.102. The maximum atomic E-state index is 12.2. The molecule has 0 bridgehead atoms. The lowest BCUT2D eigenvalue weighted by Crippen LogP contribution is -2.12. The van der Waals surface area contributed by atoms with Gasteiger partial charge >= 0.3 is 0 Å². The first-order valence-electron chi connectivity index (χ1n) is 6.02. The maximum absolute atomic E-state index is 12.2. The molecule has 2 rings (SSSR count). The summed E-state index contributed by atoms with van der Waals surface area (Å²) in [6.07, 6.45) is -0.582. The van der Waals surface area contributed by atoms with Gasteiger partial charge in [-0.15, -0.1) is 0 Å². The minimum Gasteiger partial charge on any atom is -0.389 e. The number of benzene rings is 2. The zero-order chi connectivity index (χ0) is 14.7. The molecule has 20 heavy (non-hydrogen) atoms. The third-order valence-electron chi connectivity index (χ3n) is 2.80. The van der Waals surface area contributed by atoms with Crippen LogP contribution in [-0.2, 0) is 0 Å². The fourth-order valence-corrected chi connectivity index (χ4v) is 2.31. The number of anilines is 1. The topological polar surface area (TPSA) is 49.3 Å². The second-order valence-corrected chi connectivity index (χ2v) is 5.70. The summed E-state index contributed by atoms with van der Waals surface area (Å²) >= 11 is 9.33. The number of hydrogen-bond donors (Lipinski definition) is 2. The van der Waals surface area contributed by atoms with Crippen LogP contribution < -0.4 is 5.32 Å². The van der Waals surface area contributed by atoms with Crippen molar-refractivity contribution in [3.63, 3.8) is 0 Å². The van der Waals surface area contributed by atoms with Gasteiger partial charge in [0.25, 0.3) is 5.91 Å². The van der Waals surface area contributed by atoms with Gasteiger partial charge in [0, 0.05) is 10.2 Å². The summed E-state index contributed by atoms with van der Waals surface area (Å²) in [5.41, 5.74) is 1.75. The van der Waals surface area contributed by atoms with E-state index in [2.05, 4.69) is 21.2 Å². The highest BCUT2D eigenvalue weighted by Gasteiger charge is 2.11. The largest absolute Gasteiger partial charge is 0.389 e. The Morgan fingerprint density at radius 1 is 1.30 bits per heavy atom. The Morgan fingerprint density at radius 3 is 2.75 bits per heavy atom. The second kappa shape index (κ2) is 6.39. The molecule has 0 saturated carbocycles. The molecule has 1 amide bonds. The Hall–Kier alpha value is -1.36. The fourth-order valence-electron chi connectivity index (χ4n) is 1.75. The summed E-state index contributed by atoms with van der Waals surface area (Å²) in [4.78, 5) is 12.2. The van der Waals surface area contributed by atoms with Crippen LogP contribution in [0.5, 0.6) is 0 Å². The van der Waals surface area contributed by atoms with E-state index in [-0.39, 0.29) is 5.91 Å². The van der Waals surface area contributed by atoms with Crippen LogP contribution in [0.25, 0.3) is 0 Å². The highest BCUT2D eigenvalue weighted by Crippen LogP contribution is 2.23. The summed E-state index contributed by atoms with van der Waals surface area (Å²) in [6, 6.07) is 12.2. The molecule has 0 aromatic heterocycles. The van der Waals surface area contributed by atoms with Gasteiger partial charge in [0.05, 0.1) is 16.7 Å². The van der Waals surface area contributed by atoms with Crippen LogP contribution in [-0.4, -0.2) is 11.0 Å². The van der Waals surface area contributed by atoms with E-state index in [1.807, 2.05) is 0 Å². The minimum absolute atomic E-state index is 0.293. The molecule has 0 radical (unpaired) electrons. The average Bonchev–Trinajstić information content (AvgIpc) is 2.41. The van der Waals surface area contributed by atoms with Gasteiger partial charge in [-0.2, -0.15) is 0 Å². The number of hydrogen-bond acceptors (Lipinski definition) is 2. The third-order valence-corrected chi connectivity index (χ3v) is 3.62. The van der Waals surface area contributed by atoms with Crippen LogP contribution in [0.4, 0.5) is 5.69 Å². The molecule has 2 aromatic rings. The van der Waals surface area contributed by atoms with Crippen molar-refractivity contribution in [1.29, 1.82) is 0 Å². The summed E-state index contributed by atoms with van der Waals surface area (Å²) < 4.78 is 0.782. The van der Waals surface area contributed by atoms with Crippen LogP contribution in [0.2, 0.25) is 5.02 Å². The lowest BCUT2D eigenvalue weighted by Gasteiger charge is -2.10. The van der Waals surface area contributed by atoms with Crippen molar-refractivity contribution in [2.45, 2.75) is 13.0 Å². The van der Waals surface area contributed by atoms with E-state index >= 15 is 0 Å². The number of carbonyl (C=O) groups excluding carboxylic acids is 1. The molecule has 0 spiro atoms. The van der Waals surface area contributed by atoms with Gasteiger partial charge in [-0.3, -0.25) is 4.79 Å². The Balaban J connectivity index is 2.23. The van der Waals surface area contributed by atoms with Crippen LogP contribution in [0.15, 0.2) is 46.9 Å². The quantitative estimate of drug-likeness (QED) is 0.858. The molecule has 0 aliphatic heterocycles. The fraction of sp³-hybridized carbons (Fsp3) is 0.133. The van der Waals surface area contributed by atoms with Crippen molar-refractivity contribution in [3.8, 4) is 0 Å². The minimum atomic E-state index is -0.582. The Kier molecular flexibility index (Phi) is 4.81. The summed E-state index contributed by atoms with van der Waals surface area (Å²) in [5, 5.41) is 12.7. The van der Waals surface area contributed by atoms with E-state index in [1.54, 1.807) is 49.4 Å². The van der Waals surface area contributed by atoms with Gasteiger partial charge in [-0.05, 0) is 42.8 Å². The van der Waals surface area contributed by atoms with E-state index in [0.29, 0.717) is 16.3 Å². The first-order valence-corrected chi connectivity index (χ1v) is 7.19. The van der Waals surface area contributed by atoms with Crippen LogP contribution >= 0.6 is 27.5 Å². The molecular formula is C15H13BrClNO2. The van der Waals surface area contributed by atoms with E-state index in [0.717, 1.165) is 10.0 Å². The van der Waals surface area contributed by atoms with E-state index in [4.69, 9.17) is 11.6 Å². The number of amides is 1. The van der Waals surface area contributed by atoms with Crippen molar-refractivity contribution < 1.29 is 9.90 Å². The molecule has 3 nitrogen and oxygen atoms in total. The Bertz CT molecular complexity index is 644. The summed E-state index contributed by atoms with van der Waals surface area (Å²) in [5.74, 6) is -0.293. The number of aliphatic hydroxyl groups is 1. The molecule has 1 atom stereocenters. The molecule has 2 N–H and O–H groups in total. The van der Waals surface area contributed by atoms with Crippen LogP contribution in [0.1, 0.15) is 28.9 Å². The SMILES string of the molecule is C[C@@H](O)c1cccc(NC(=O)c2cc(Br)ccc2Cl)c1. The molecule has 104 valence electrons. The highest BCUT2D eigenvalue weighted by atomic mass is 79.9. The normalized spacial score (nSPS) is 12.0. The standard InChI is InChI=1S/C15H13BrClNO2/c1-9(19)10-3-2-4-12(7-10)18-15(20)13-8-11(16)5-6-14(13)17/h2-9,19H,1H3,(H,18,20)/t9-/m1/s1. The van der Waals surface area contributed by atoms with E-state index in [9.17, 15) is 9.90 Å². The first kappa shape index (κ1) is 15.0. The van der Waals surface area contributed by atoms with Gasteiger partial charge < -0.3 is 10.4 Å². The monoisotopic (exact) mass is 353 g/mol. The predicted octanol–water partition coefficient (Wildman–Crippen LogP) is 4.41. The van der Waals surface area contributed by atoms with Gasteiger partial charge in [0.2, 0.25) is 0 Å². The third kappa shape index (κ3) is 3.60. The Morgan fingerprint density at radius 2 is 2.05 bits per heavy atom. The van der Waals surface area contributed by atoms with E-state index < -0.39 is 6.10 Å². The van der Waals surface area contributed by atoms with Gasteiger partial charge in [-0.1, -0.05) is 39.7 Å². The number of carbonyl (C=O) groups is 1. The van der Waals surface area contributed by atoms with Crippen molar-refractivity contribution >= 4 is 39.1 Å². The molecule has 0 unspecified atom stereocenters. The molecule has 0 aliphatic carbocycles. The average molecular weight is 355 g/mol. The van der Waals surface area contributed by atoms with Crippen molar-refractivity contribution in [2.75, 3.05) is 5.32 Å². The number of nitrogens with one attached hydrogen (secondary N) is 1. The predicted molar refractivity (Wildman–Crippen MR) is 84.2 cm³/mol. The van der Waals surface area contributed by atoms with Crippen molar-refractivity contribution in [1.82, 2.24) is 0 Å². The maximum Gasteiger partial charge on any atom is 0.257 e. The molecule has 0 heterocycles. The molecule has 5 heteroatoms.